The highest BCUT2D eigenvalue weighted by molar-refractivity contribution is 7.99. The fraction of sp³-hybridized carbons (Fsp3) is 0.250. The smallest absolute Gasteiger partial charge is 0.253 e. The number of aryl methyl sites for hydroxylation is 2. The summed E-state index contributed by atoms with van der Waals surface area (Å²) in [7, 11) is 0. The van der Waals surface area contributed by atoms with Gasteiger partial charge in [0, 0.05) is 12.2 Å². The number of carbonyl (C=O) groups is 2. The average Bonchev–Trinajstić information content (AvgIpc) is 3.17. The maximum Gasteiger partial charge on any atom is 0.253 e. The molecular weight excluding hydrogens is 458 g/mol. The van der Waals surface area contributed by atoms with E-state index in [9.17, 15) is 9.59 Å². The molecular formula is C24H26ClN5O2S. The summed E-state index contributed by atoms with van der Waals surface area (Å²) in [4.78, 5) is 25.1. The Hall–Kier alpha value is -3.10. The Morgan fingerprint density at radius 1 is 1.21 bits per heavy atom. The predicted molar refractivity (Wildman–Crippen MR) is 133 cm³/mol. The zero-order chi connectivity index (χ0) is 24.0. The Morgan fingerprint density at radius 2 is 1.97 bits per heavy atom. The summed E-state index contributed by atoms with van der Waals surface area (Å²) in [5.41, 5.74) is 3.32. The van der Waals surface area contributed by atoms with Crippen molar-refractivity contribution < 1.29 is 9.59 Å². The van der Waals surface area contributed by atoms with Gasteiger partial charge in [-0.25, -0.2) is 0 Å². The second kappa shape index (κ2) is 11.2. The predicted octanol–water partition coefficient (Wildman–Crippen LogP) is 4.96. The molecule has 0 radical (unpaired) electrons. The molecule has 0 spiro atoms. The number of hydrogen-bond donors (Lipinski definition) is 2. The standard InChI is InChI=1S/C24H26ClN5O2S/c1-5-12-30-22(17(4)26-23(32)18-8-6-7-9-19(18)25)28-29-24(30)33-14-21(31)27-20-11-10-15(2)13-16(20)3/h5-11,13,17H,1,12,14H2,2-4H3,(H,26,32)(H,27,31)/t17-/m1/s1. The van der Waals surface area contributed by atoms with Gasteiger partial charge in [-0.3, -0.25) is 9.59 Å². The summed E-state index contributed by atoms with van der Waals surface area (Å²) in [6, 6.07) is 12.3. The average molecular weight is 484 g/mol. The number of carbonyl (C=O) groups excluding carboxylic acids is 2. The highest BCUT2D eigenvalue weighted by Crippen LogP contribution is 2.23. The molecule has 172 valence electrons. The third-order valence-electron chi connectivity index (χ3n) is 4.90. The van der Waals surface area contributed by atoms with E-state index in [0.29, 0.717) is 28.1 Å². The van der Waals surface area contributed by atoms with E-state index in [1.165, 1.54) is 11.8 Å². The zero-order valence-corrected chi connectivity index (χ0v) is 20.3. The maximum atomic E-state index is 12.6. The fourth-order valence-corrected chi connectivity index (χ4v) is 4.26. The second-order valence-electron chi connectivity index (χ2n) is 7.57. The molecule has 1 heterocycles. The third-order valence-corrected chi connectivity index (χ3v) is 6.20. The van der Waals surface area contributed by atoms with Crippen LogP contribution in [0.5, 0.6) is 0 Å². The topological polar surface area (TPSA) is 88.9 Å². The first-order valence-electron chi connectivity index (χ1n) is 10.4. The van der Waals surface area contributed by atoms with Gasteiger partial charge in [-0.1, -0.05) is 59.3 Å². The van der Waals surface area contributed by atoms with Crippen molar-refractivity contribution in [1.29, 1.82) is 0 Å². The van der Waals surface area contributed by atoms with Crippen LogP contribution in [0.15, 0.2) is 60.3 Å². The van der Waals surface area contributed by atoms with Gasteiger partial charge in [0.2, 0.25) is 5.91 Å². The number of anilines is 1. The van der Waals surface area contributed by atoms with Crippen molar-refractivity contribution >= 4 is 40.9 Å². The molecule has 0 bridgehead atoms. The minimum Gasteiger partial charge on any atom is -0.342 e. The second-order valence-corrected chi connectivity index (χ2v) is 8.92. The molecule has 0 saturated carbocycles. The van der Waals surface area contributed by atoms with E-state index < -0.39 is 6.04 Å². The largest absolute Gasteiger partial charge is 0.342 e. The Balaban J connectivity index is 1.68. The van der Waals surface area contributed by atoms with Crippen LogP contribution < -0.4 is 10.6 Å². The summed E-state index contributed by atoms with van der Waals surface area (Å²) >= 11 is 7.41. The first-order valence-corrected chi connectivity index (χ1v) is 11.8. The number of nitrogens with zero attached hydrogens (tertiary/aromatic N) is 3. The van der Waals surface area contributed by atoms with Gasteiger partial charge in [-0.05, 0) is 44.5 Å². The molecule has 1 aromatic heterocycles. The van der Waals surface area contributed by atoms with Crippen LogP contribution in [-0.4, -0.2) is 32.3 Å². The van der Waals surface area contributed by atoms with Crippen LogP contribution in [0.2, 0.25) is 5.02 Å². The number of aromatic nitrogens is 3. The van der Waals surface area contributed by atoms with Crippen LogP contribution in [0.3, 0.4) is 0 Å². The van der Waals surface area contributed by atoms with Gasteiger partial charge >= 0.3 is 0 Å². The molecule has 7 nitrogen and oxygen atoms in total. The number of benzene rings is 2. The molecule has 0 unspecified atom stereocenters. The van der Waals surface area contributed by atoms with Crippen molar-refractivity contribution in [2.24, 2.45) is 0 Å². The normalized spacial score (nSPS) is 11.6. The van der Waals surface area contributed by atoms with E-state index >= 15 is 0 Å². The van der Waals surface area contributed by atoms with Crippen LogP contribution in [0.4, 0.5) is 5.69 Å². The first-order chi connectivity index (χ1) is 15.8. The summed E-state index contributed by atoms with van der Waals surface area (Å²) in [5.74, 6) is 0.292. The number of allylic oxidation sites excluding steroid dienone is 1. The van der Waals surface area contributed by atoms with Gasteiger partial charge in [0.15, 0.2) is 11.0 Å². The number of rotatable bonds is 9. The Kier molecular flexibility index (Phi) is 8.30. The molecule has 2 N–H and O–H groups in total. The minimum absolute atomic E-state index is 0.137. The Bertz CT molecular complexity index is 1180. The van der Waals surface area contributed by atoms with Crippen LogP contribution in [0.1, 0.15) is 40.3 Å². The van der Waals surface area contributed by atoms with E-state index in [2.05, 4.69) is 27.4 Å². The lowest BCUT2D eigenvalue weighted by molar-refractivity contribution is -0.113. The SMILES string of the molecule is C=CCn1c(SCC(=O)Nc2ccc(C)cc2C)nnc1[C@@H](C)NC(=O)c1ccccc1Cl. The Labute approximate surface area is 202 Å². The van der Waals surface area contributed by atoms with Crippen molar-refractivity contribution in [3.05, 3.63) is 82.7 Å². The number of halogens is 1. The quantitative estimate of drug-likeness (QED) is 0.332. The third kappa shape index (κ3) is 6.24. The molecule has 0 aliphatic rings. The highest BCUT2D eigenvalue weighted by Gasteiger charge is 2.21. The minimum atomic E-state index is -0.431. The molecule has 1 atom stereocenters. The van der Waals surface area contributed by atoms with Crippen LogP contribution in [0, 0.1) is 13.8 Å². The lowest BCUT2D eigenvalue weighted by atomic mass is 10.1. The van der Waals surface area contributed by atoms with Gasteiger partial charge in [0.05, 0.1) is 22.4 Å². The van der Waals surface area contributed by atoms with Gasteiger partial charge in [0.25, 0.3) is 5.91 Å². The lowest BCUT2D eigenvalue weighted by Crippen LogP contribution is -2.29. The number of amides is 2. The number of hydrogen-bond acceptors (Lipinski definition) is 5. The van der Waals surface area contributed by atoms with E-state index in [1.54, 1.807) is 30.3 Å². The molecule has 3 aromatic rings. The zero-order valence-electron chi connectivity index (χ0n) is 18.8. The van der Waals surface area contributed by atoms with E-state index in [0.717, 1.165) is 16.8 Å². The number of nitrogens with one attached hydrogen (secondary N) is 2. The first kappa shape index (κ1) is 24.5. The van der Waals surface area contributed by atoms with Crippen molar-refractivity contribution in [2.75, 3.05) is 11.1 Å². The molecule has 0 fully saturated rings. The molecule has 33 heavy (non-hydrogen) atoms. The van der Waals surface area contributed by atoms with Crippen LogP contribution >= 0.6 is 23.4 Å². The summed E-state index contributed by atoms with van der Waals surface area (Å²) in [5, 5.41) is 15.3. The monoisotopic (exact) mass is 483 g/mol. The summed E-state index contributed by atoms with van der Waals surface area (Å²) in [6.45, 7) is 10.0. The lowest BCUT2D eigenvalue weighted by Gasteiger charge is -2.15. The van der Waals surface area contributed by atoms with Crippen molar-refractivity contribution in [2.45, 2.75) is 38.5 Å². The summed E-state index contributed by atoms with van der Waals surface area (Å²) in [6.07, 6.45) is 1.72. The molecule has 2 amide bonds. The number of thioether (sulfide) groups is 1. The Morgan fingerprint density at radius 3 is 2.67 bits per heavy atom. The van der Waals surface area contributed by atoms with Gasteiger partial charge in [-0.2, -0.15) is 0 Å². The molecule has 0 aliphatic carbocycles. The summed E-state index contributed by atoms with van der Waals surface area (Å²) < 4.78 is 1.83. The fourth-order valence-electron chi connectivity index (χ4n) is 3.28. The molecule has 3 rings (SSSR count). The van der Waals surface area contributed by atoms with Crippen molar-refractivity contribution in [1.82, 2.24) is 20.1 Å². The van der Waals surface area contributed by atoms with E-state index in [1.807, 2.05) is 43.5 Å². The highest BCUT2D eigenvalue weighted by atomic mass is 35.5. The van der Waals surface area contributed by atoms with E-state index in [4.69, 9.17) is 11.6 Å². The van der Waals surface area contributed by atoms with E-state index in [-0.39, 0.29) is 17.6 Å². The molecule has 2 aromatic carbocycles. The van der Waals surface area contributed by atoms with Crippen LogP contribution in [0.25, 0.3) is 0 Å². The molecule has 0 aliphatic heterocycles. The molecule has 0 saturated heterocycles. The van der Waals surface area contributed by atoms with Gasteiger partial charge in [-0.15, -0.1) is 16.8 Å². The molecule has 9 heteroatoms. The van der Waals surface area contributed by atoms with Crippen LogP contribution in [-0.2, 0) is 11.3 Å². The van der Waals surface area contributed by atoms with Crippen molar-refractivity contribution in [3.8, 4) is 0 Å². The van der Waals surface area contributed by atoms with Crippen molar-refractivity contribution in [3.63, 3.8) is 0 Å². The maximum absolute atomic E-state index is 12.6. The van der Waals surface area contributed by atoms with Gasteiger partial charge in [0.1, 0.15) is 0 Å². The van der Waals surface area contributed by atoms with Gasteiger partial charge < -0.3 is 15.2 Å².